The standard InChI is InChI=1S/C40H66O7/c1-7-8-9-10-11-12-13-14-32(43)46-31-17-18-36(4)28-16-19-39-23-40(39,38(28,6)30(42)22-29(36)35(31,2)3)20-15-26(39)25-21-27(45-34(25)44)33-37(5,24-41)47-33/h25-31,33-34,41-42,44H,7-24H2,1-6H3/t25-,26-,27+,28+,29-,30+,31+,33-,34?,36+,37+,38-,39+,40+/m0/s1. The zero-order valence-electron chi connectivity index (χ0n) is 30.4. The van der Waals surface area contributed by atoms with Crippen LogP contribution in [0.15, 0.2) is 0 Å². The largest absolute Gasteiger partial charge is 0.462 e. The van der Waals surface area contributed by atoms with Gasteiger partial charge in [0.2, 0.25) is 0 Å². The Bertz CT molecular complexity index is 1190. The molecule has 7 aliphatic rings. The van der Waals surface area contributed by atoms with Crippen LogP contribution in [0.4, 0.5) is 0 Å². The van der Waals surface area contributed by atoms with E-state index in [9.17, 15) is 20.1 Å². The van der Waals surface area contributed by atoms with Crippen LogP contribution in [-0.2, 0) is 19.0 Å². The van der Waals surface area contributed by atoms with E-state index in [2.05, 4.69) is 34.6 Å². The van der Waals surface area contributed by atoms with Gasteiger partial charge < -0.3 is 29.5 Å². The Morgan fingerprint density at radius 2 is 1.60 bits per heavy atom. The second-order valence-corrected chi connectivity index (χ2v) is 18.9. The maximum absolute atomic E-state index is 13.0. The van der Waals surface area contributed by atoms with Crippen LogP contribution in [0.5, 0.6) is 0 Å². The van der Waals surface area contributed by atoms with Gasteiger partial charge in [-0.1, -0.05) is 73.1 Å². The Morgan fingerprint density at radius 3 is 2.30 bits per heavy atom. The summed E-state index contributed by atoms with van der Waals surface area (Å²) in [5.74, 6) is 1.20. The minimum Gasteiger partial charge on any atom is -0.462 e. The molecule has 5 saturated carbocycles. The van der Waals surface area contributed by atoms with Crippen molar-refractivity contribution in [2.24, 2.45) is 50.7 Å². The third-order valence-electron chi connectivity index (χ3n) is 16.6. The molecule has 14 atom stereocenters. The van der Waals surface area contributed by atoms with E-state index in [1.165, 1.54) is 44.9 Å². The third-order valence-corrected chi connectivity index (χ3v) is 16.6. The lowest BCUT2D eigenvalue weighted by Crippen LogP contribution is -2.66. The van der Waals surface area contributed by atoms with Crippen LogP contribution in [0.3, 0.4) is 0 Å². The van der Waals surface area contributed by atoms with Crippen molar-refractivity contribution in [1.82, 2.24) is 0 Å². The summed E-state index contributed by atoms with van der Waals surface area (Å²) in [4.78, 5) is 13.0. The molecule has 0 aromatic rings. The van der Waals surface area contributed by atoms with Crippen molar-refractivity contribution in [2.45, 2.75) is 187 Å². The smallest absolute Gasteiger partial charge is 0.306 e. The number of fused-ring (bicyclic) bond motifs is 3. The minimum absolute atomic E-state index is 0.0224. The van der Waals surface area contributed by atoms with Gasteiger partial charge in [-0.05, 0) is 105 Å². The number of esters is 1. The predicted octanol–water partition coefficient (Wildman–Crippen LogP) is 7.32. The summed E-state index contributed by atoms with van der Waals surface area (Å²) in [6.45, 7) is 13.7. The van der Waals surface area contributed by atoms with E-state index < -0.39 is 11.9 Å². The Kier molecular flexibility index (Phi) is 8.80. The van der Waals surface area contributed by atoms with Gasteiger partial charge in [0.15, 0.2) is 6.29 Å². The molecule has 5 aliphatic carbocycles. The number of carbonyl (C=O) groups is 1. The van der Waals surface area contributed by atoms with Crippen LogP contribution < -0.4 is 0 Å². The van der Waals surface area contributed by atoms with E-state index in [1.807, 2.05) is 6.92 Å². The lowest BCUT2D eigenvalue weighted by molar-refractivity contribution is -0.246. The van der Waals surface area contributed by atoms with Crippen LogP contribution in [0.25, 0.3) is 0 Å². The second-order valence-electron chi connectivity index (χ2n) is 18.9. The number of carbonyl (C=O) groups excluding carboxylic acids is 1. The quantitative estimate of drug-likeness (QED) is 0.115. The van der Waals surface area contributed by atoms with Crippen LogP contribution in [0.2, 0.25) is 0 Å². The molecule has 2 saturated heterocycles. The molecule has 2 aliphatic heterocycles. The summed E-state index contributed by atoms with van der Waals surface area (Å²) in [7, 11) is 0. The number of aliphatic hydroxyl groups is 3. The van der Waals surface area contributed by atoms with E-state index in [4.69, 9.17) is 14.2 Å². The number of hydrogen-bond acceptors (Lipinski definition) is 7. The number of unbranched alkanes of at least 4 members (excludes halogenated alkanes) is 6. The molecule has 0 bridgehead atoms. The Balaban J connectivity index is 1.02. The first-order chi connectivity index (χ1) is 22.2. The fourth-order valence-electron chi connectivity index (χ4n) is 14.0. The van der Waals surface area contributed by atoms with Gasteiger partial charge in [-0.2, -0.15) is 0 Å². The number of ether oxygens (including phenoxy) is 3. The van der Waals surface area contributed by atoms with Crippen LogP contribution in [-0.4, -0.2) is 64.2 Å². The van der Waals surface area contributed by atoms with Gasteiger partial charge in [0.1, 0.15) is 17.8 Å². The Morgan fingerprint density at radius 1 is 0.872 bits per heavy atom. The zero-order valence-corrected chi connectivity index (χ0v) is 30.4. The summed E-state index contributed by atoms with van der Waals surface area (Å²) in [6, 6.07) is 0. The van der Waals surface area contributed by atoms with Gasteiger partial charge in [-0.15, -0.1) is 0 Å². The van der Waals surface area contributed by atoms with Crippen LogP contribution >= 0.6 is 0 Å². The van der Waals surface area contributed by atoms with E-state index in [-0.39, 0.29) is 70.0 Å². The molecule has 0 aromatic heterocycles. The van der Waals surface area contributed by atoms with Crippen LogP contribution in [0, 0.1) is 50.7 Å². The summed E-state index contributed by atoms with van der Waals surface area (Å²) < 4.78 is 18.3. The fourth-order valence-corrected chi connectivity index (χ4v) is 14.0. The molecule has 47 heavy (non-hydrogen) atoms. The maximum Gasteiger partial charge on any atom is 0.306 e. The van der Waals surface area contributed by atoms with E-state index in [0.29, 0.717) is 24.2 Å². The lowest BCUT2D eigenvalue weighted by Gasteiger charge is -2.68. The molecule has 3 N–H and O–H groups in total. The highest BCUT2D eigenvalue weighted by Crippen LogP contribution is 2.91. The van der Waals surface area contributed by atoms with Gasteiger partial charge in [-0.25, -0.2) is 0 Å². The third kappa shape index (κ3) is 4.99. The highest BCUT2D eigenvalue weighted by atomic mass is 16.7. The summed E-state index contributed by atoms with van der Waals surface area (Å²) in [5.41, 5.74) is -0.486. The Hall–Kier alpha value is -0.730. The second kappa shape index (κ2) is 11.9. The predicted molar refractivity (Wildman–Crippen MR) is 180 cm³/mol. The van der Waals surface area contributed by atoms with Crippen molar-refractivity contribution < 1.29 is 34.3 Å². The average Bonchev–Trinajstić information content (AvgIpc) is 3.81. The van der Waals surface area contributed by atoms with E-state index in [1.54, 1.807) is 0 Å². The van der Waals surface area contributed by atoms with E-state index >= 15 is 0 Å². The van der Waals surface area contributed by atoms with Gasteiger partial charge in [0, 0.05) is 23.2 Å². The first kappa shape index (κ1) is 34.7. The number of hydrogen-bond donors (Lipinski definition) is 3. The summed E-state index contributed by atoms with van der Waals surface area (Å²) in [5, 5.41) is 33.4. The van der Waals surface area contributed by atoms with Gasteiger partial charge in [0.25, 0.3) is 0 Å². The normalized spacial score (nSPS) is 52.2. The molecule has 0 amide bonds. The fraction of sp³-hybridized carbons (Fsp3) is 0.975. The highest BCUT2D eigenvalue weighted by molar-refractivity contribution is 5.69. The summed E-state index contributed by atoms with van der Waals surface area (Å²) in [6.07, 6.45) is 16.6. The van der Waals surface area contributed by atoms with Crippen molar-refractivity contribution in [2.75, 3.05) is 6.61 Å². The molecule has 7 fully saturated rings. The lowest BCUT2D eigenvalue weighted by atomic mass is 9.37. The summed E-state index contributed by atoms with van der Waals surface area (Å²) >= 11 is 0. The first-order valence-corrected chi connectivity index (χ1v) is 19.7. The number of aliphatic hydroxyl groups excluding tert-OH is 3. The first-order valence-electron chi connectivity index (χ1n) is 19.7. The van der Waals surface area contributed by atoms with Crippen LogP contribution in [0.1, 0.15) is 151 Å². The zero-order chi connectivity index (χ0) is 33.6. The van der Waals surface area contributed by atoms with E-state index in [0.717, 1.165) is 57.8 Å². The van der Waals surface area contributed by atoms with Gasteiger partial charge in [-0.3, -0.25) is 4.79 Å². The van der Waals surface area contributed by atoms with Crippen molar-refractivity contribution >= 4 is 5.97 Å². The molecule has 1 unspecified atom stereocenters. The monoisotopic (exact) mass is 658 g/mol. The highest BCUT2D eigenvalue weighted by Gasteiger charge is 2.86. The maximum atomic E-state index is 13.0. The Labute approximate surface area is 284 Å². The molecular weight excluding hydrogens is 592 g/mol. The van der Waals surface area contributed by atoms with Crippen molar-refractivity contribution in [3.8, 4) is 0 Å². The molecule has 2 heterocycles. The van der Waals surface area contributed by atoms with Gasteiger partial charge >= 0.3 is 5.97 Å². The number of rotatable bonds is 12. The van der Waals surface area contributed by atoms with Gasteiger partial charge in [0.05, 0.1) is 18.8 Å². The molecular formula is C40H66O7. The molecule has 0 spiro atoms. The molecule has 0 aromatic carbocycles. The number of epoxide rings is 1. The SMILES string of the molecule is CCCCCCCCCC(=O)O[C@@H]1CC[C@]2(C)[C@H]3CC[C@]45C[C@]4(CC[C@H]5[C@@H]4C[C@H]([C@@H]5O[C@]5(C)CO)OC4O)[C@]3(C)[C@H](O)C[C@H]2C1(C)C. The van der Waals surface area contributed by atoms with Crippen molar-refractivity contribution in [1.29, 1.82) is 0 Å². The molecule has 7 heteroatoms. The molecule has 268 valence electrons. The average molecular weight is 659 g/mol. The molecule has 0 radical (unpaired) electrons. The molecule has 7 rings (SSSR count). The minimum atomic E-state index is -0.781. The van der Waals surface area contributed by atoms with Crippen molar-refractivity contribution in [3.05, 3.63) is 0 Å². The van der Waals surface area contributed by atoms with Crippen molar-refractivity contribution in [3.63, 3.8) is 0 Å². The topological polar surface area (TPSA) is 109 Å². The molecule has 7 nitrogen and oxygen atoms in total.